The van der Waals surface area contributed by atoms with Crippen molar-refractivity contribution in [2.75, 3.05) is 46.7 Å². The normalized spacial score (nSPS) is 21.3. The summed E-state index contributed by atoms with van der Waals surface area (Å²) in [5, 5.41) is 57.9. The summed E-state index contributed by atoms with van der Waals surface area (Å²) in [4.78, 5) is 158. The Balaban J connectivity index is 0.000000157. The molecule has 4 aromatic heterocycles. The lowest BCUT2D eigenvalue weighted by Gasteiger charge is -2.41. The van der Waals surface area contributed by atoms with Crippen molar-refractivity contribution in [1.82, 2.24) is 59.6 Å². The molecule has 0 radical (unpaired) electrons. The van der Waals surface area contributed by atoms with Crippen LogP contribution in [-0.4, -0.2) is 199 Å². The van der Waals surface area contributed by atoms with Crippen LogP contribution in [0.25, 0.3) is 0 Å². The Kier molecular flexibility index (Phi) is 27.2. The number of pyridine rings is 4. The summed E-state index contributed by atoms with van der Waals surface area (Å²) in [6.07, 6.45) is 2.88. The zero-order valence-electron chi connectivity index (χ0n) is 72.1. The number of halogens is 10. The number of hydrogen-bond acceptors (Lipinski definition) is 20. The van der Waals surface area contributed by atoms with Crippen molar-refractivity contribution < 1.29 is 103 Å². The third kappa shape index (κ3) is 18.1. The van der Waals surface area contributed by atoms with E-state index in [0.717, 1.165) is 54.8 Å². The van der Waals surface area contributed by atoms with Crippen LogP contribution in [0.1, 0.15) is 210 Å². The minimum Gasteiger partial charge on any atom is -0.502 e. The van der Waals surface area contributed by atoms with Gasteiger partial charge in [0.2, 0.25) is 21.7 Å². The molecule has 0 aliphatic carbocycles. The molecule has 8 bridgehead atoms. The molecular formula is C89H96F10N16O16. The number of nitrogens with one attached hydrogen (secondary N) is 4. The van der Waals surface area contributed by atoms with Gasteiger partial charge in [-0.05, 0) is 142 Å². The van der Waals surface area contributed by atoms with Gasteiger partial charge in [-0.2, -0.15) is 0 Å². The van der Waals surface area contributed by atoms with Crippen LogP contribution in [0.2, 0.25) is 0 Å². The monoisotopic (exact) mass is 1830 g/mol. The molecule has 0 saturated carbocycles. The molecule has 10 atom stereocenters. The lowest BCUT2D eigenvalue weighted by molar-refractivity contribution is -0.0653. The number of alkyl halides is 4. The number of hydrogen-bond donors (Lipinski definition) is 8. The number of benzene rings is 4. The van der Waals surface area contributed by atoms with Crippen molar-refractivity contribution in [2.24, 2.45) is 0 Å². The van der Waals surface area contributed by atoms with E-state index in [9.17, 15) is 122 Å². The molecule has 131 heavy (non-hydrogen) atoms. The second-order valence-corrected chi connectivity index (χ2v) is 33.4. The average Bonchev–Trinajstić information content (AvgIpc) is 1.69. The zero-order chi connectivity index (χ0) is 95.1. The predicted octanol–water partition coefficient (Wildman–Crippen LogP) is 8.40. The van der Waals surface area contributed by atoms with Gasteiger partial charge < -0.3 is 61.3 Å². The summed E-state index contributed by atoms with van der Waals surface area (Å²) in [5.41, 5.74) is -4.85. The van der Waals surface area contributed by atoms with Crippen molar-refractivity contribution in [2.45, 2.75) is 203 Å². The minimum atomic E-state index is -3.19. The Morgan fingerprint density at radius 1 is 0.397 bits per heavy atom. The Bertz CT molecular complexity index is 6100. The highest BCUT2D eigenvalue weighted by molar-refractivity contribution is 6.03. The van der Waals surface area contributed by atoms with E-state index in [2.05, 4.69) is 21.3 Å². The van der Waals surface area contributed by atoms with Crippen molar-refractivity contribution >= 4 is 47.3 Å². The summed E-state index contributed by atoms with van der Waals surface area (Å²) < 4.78 is 148. The number of aromatic nitrogens is 4. The second kappa shape index (κ2) is 37.2. The topological polar surface area (TPSA) is 380 Å². The molecule has 0 unspecified atom stereocenters. The number of aromatic hydroxyl groups is 4. The quantitative estimate of drug-likeness (QED) is 0.0532. The molecule has 3 saturated heterocycles. The van der Waals surface area contributed by atoms with Crippen LogP contribution in [0, 0.1) is 56.8 Å². The highest BCUT2D eigenvalue weighted by Gasteiger charge is 2.52. The van der Waals surface area contributed by atoms with Gasteiger partial charge >= 0.3 is 0 Å². The fourth-order valence-electron chi connectivity index (χ4n) is 16.5. The summed E-state index contributed by atoms with van der Waals surface area (Å²) in [6.45, 7) is 18.0. The Hall–Kier alpha value is -14.1. The number of rotatable bonds is 12. The molecule has 16 rings (SSSR count). The Morgan fingerprint density at radius 3 is 1.03 bits per heavy atom. The lowest BCUT2D eigenvalue weighted by Crippen LogP contribution is -2.58. The SMILES string of the molecule is C.Cc1cc(F)c(CNC(=O)c2cn3c(c(O)c2=O)C(=O)N2CN3[C@H](C)C=C(F)[C@@H]2C)c(F)c1.Cc1ccc(CNC(=O)c2cn3c(c(O)c2=O)C(=O)N2CN3[C@H](C)CC(F)(F)[C@@H]2C)c(F)c1.Cc1ccc(CNC(=O)c2cn3c(c(O)c2=O)C(=O)N2CN3[C@H](C)C[C@@H](F)[C@@H]2C)c(F)c1.Cc1ccc(CNC(=O)c2cn3c(c(O)c2=O)C(=O)N2CN3[C@H](C)C[C@H](F)[C@@H]2C)c(F)c1. The van der Waals surface area contributed by atoms with Gasteiger partial charge in [-0.1, -0.05) is 43.8 Å². The summed E-state index contributed by atoms with van der Waals surface area (Å²) >= 11 is 0. The molecule has 42 heteroatoms. The number of carbonyl (C=O) groups is 8. The fraction of sp³-hybridized carbons (Fsp3) is 0.393. The average molecular weight is 1840 g/mol. The maximum Gasteiger partial charge on any atom is 0.278 e. The number of nitrogens with zero attached hydrogens (tertiary/aromatic N) is 12. The van der Waals surface area contributed by atoms with E-state index >= 15 is 0 Å². The largest absolute Gasteiger partial charge is 0.502 e. The molecule has 8 aromatic rings. The molecular weight excluding hydrogens is 1740 g/mol. The predicted molar refractivity (Wildman–Crippen MR) is 456 cm³/mol. The standard InChI is InChI=1S/C22H21F3N4O4.C22H23F3N4O4.2C22H24F2N4O4.CH4/c1-10-4-16(24)13(17(25)5-10)7-26-21(32)14-8-28-18(20(31)19(14)30)22(33)27-9-29(28)11(2)6-15(23)12(27)3;1-11-4-5-14(16(23)6-11)8-26-20(32)15-9-28-17(19(31)18(15)30)21(33)27-10-29(28)12(2)7-22(24,25)13(27)3;2*1-11-4-5-14(17(24)6-11)8-25-21(31)15-9-27-18(20(30)19(15)29)22(32)26-10-28(27)12(2)7-16(23)13(26)3;/h4-6,8,11-12,31H,7,9H2,1-3H3,(H,26,32);4-6,9,12-13,31H,7-8,10H2,1-3H3,(H,26,32);2*4-6,9,12-13,16,30H,7-8,10H2,1-3H3,(H,25,31);1H4/t11-,12+;12-,13+;12-,13+,16+;12-,13+,16-;/m1111./s1. The van der Waals surface area contributed by atoms with E-state index in [1.54, 1.807) is 83.6 Å². The smallest absolute Gasteiger partial charge is 0.278 e. The summed E-state index contributed by atoms with van der Waals surface area (Å²) in [5.74, 6) is -17.3. The van der Waals surface area contributed by atoms with E-state index in [1.807, 2.05) is 0 Å². The van der Waals surface area contributed by atoms with Crippen LogP contribution in [-0.2, 0) is 26.2 Å². The zero-order valence-corrected chi connectivity index (χ0v) is 72.1. The van der Waals surface area contributed by atoms with Crippen LogP contribution < -0.4 is 63.0 Å². The van der Waals surface area contributed by atoms with E-state index < -0.39 is 234 Å². The van der Waals surface area contributed by atoms with Gasteiger partial charge in [-0.3, -0.25) is 96.3 Å². The van der Waals surface area contributed by atoms with Crippen LogP contribution in [0.15, 0.2) is 123 Å². The van der Waals surface area contributed by atoms with Crippen molar-refractivity contribution in [1.29, 1.82) is 0 Å². The fourth-order valence-corrected chi connectivity index (χ4v) is 16.5. The number of amides is 8. The first-order chi connectivity index (χ1) is 61.1. The third-order valence-corrected chi connectivity index (χ3v) is 24.5. The van der Waals surface area contributed by atoms with E-state index in [-0.39, 0.29) is 107 Å². The van der Waals surface area contributed by atoms with Crippen LogP contribution >= 0.6 is 0 Å². The summed E-state index contributed by atoms with van der Waals surface area (Å²) in [7, 11) is 0. The van der Waals surface area contributed by atoms with Crippen molar-refractivity contribution in [3.05, 3.63) is 263 Å². The van der Waals surface area contributed by atoms with Gasteiger partial charge in [0.25, 0.3) is 53.2 Å². The molecule has 8 amide bonds. The van der Waals surface area contributed by atoms with Gasteiger partial charge in [0.1, 0.15) is 96.2 Å². The molecule has 32 nitrogen and oxygen atoms in total. The molecule has 8 aliphatic rings. The molecule has 0 spiro atoms. The molecule has 8 N–H and O–H groups in total. The Labute approximate surface area is 741 Å². The van der Waals surface area contributed by atoms with Gasteiger partial charge in [-0.25, -0.2) is 43.9 Å². The molecule has 698 valence electrons. The summed E-state index contributed by atoms with van der Waals surface area (Å²) in [6, 6.07) is 9.87. The van der Waals surface area contributed by atoms with Crippen molar-refractivity contribution in [3.8, 4) is 23.0 Å². The maximum atomic E-state index is 14.6. The third-order valence-electron chi connectivity index (χ3n) is 24.5. The first kappa shape index (κ1) is 96.0. The first-order valence-corrected chi connectivity index (χ1v) is 41.2. The number of carbonyl (C=O) groups excluding carboxylic acids is 8. The molecule has 8 aliphatic heterocycles. The first-order valence-electron chi connectivity index (χ1n) is 41.2. The van der Waals surface area contributed by atoms with Crippen molar-refractivity contribution in [3.63, 3.8) is 0 Å². The Morgan fingerprint density at radius 2 is 0.687 bits per heavy atom. The lowest BCUT2D eigenvalue weighted by atomic mass is 10.0. The van der Waals surface area contributed by atoms with E-state index in [0.29, 0.717) is 11.1 Å². The van der Waals surface area contributed by atoms with E-state index in [4.69, 9.17) is 0 Å². The van der Waals surface area contributed by atoms with Crippen LogP contribution in [0.4, 0.5) is 43.9 Å². The molecule has 4 aromatic carbocycles. The van der Waals surface area contributed by atoms with Crippen LogP contribution in [0.3, 0.4) is 0 Å². The second-order valence-electron chi connectivity index (χ2n) is 33.4. The van der Waals surface area contributed by atoms with Gasteiger partial charge in [0.05, 0.1) is 36.3 Å². The number of aryl methyl sites for hydroxylation is 4. The molecule has 12 heterocycles. The highest BCUT2D eigenvalue weighted by atomic mass is 19.3. The highest BCUT2D eigenvalue weighted by Crippen LogP contribution is 2.39. The van der Waals surface area contributed by atoms with E-state index in [1.165, 1.54) is 112 Å². The molecule has 3 fully saturated rings. The maximum absolute atomic E-state index is 14.6. The number of fused-ring (bicyclic) bond motifs is 16. The van der Waals surface area contributed by atoms with Gasteiger partial charge in [0.15, 0.2) is 45.8 Å². The van der Waals surface area contributed by atoms with Crippen LogP contribution in [0.5, 0.6) is 23.0 Å². The van der Waals surface area contributed by atoms with Gasteiger partial charge in [-0.15, -0.1) is 0 Å². The minimum absolute atomic E-state index is 0. The van der Waals surface area contributed by atoms with Gasteiger partial charge in [0, 0.05) is 105 Å².